The van der Waals surface area contributed by atoms with Crippen LogP contribution < -0.4 is 16.4 Å². The summed E-state index contributed by atoms with van der Waals surface area (Å²) in [6.45, 7) is 0.514. The Morgan fingerprint density at radius 1 is 0.600 bits per heavy atom. The number of fused-ring (bicyclic) bond motifs is 2. The molecule has 10 aromatic rings. The molecular weight excluding hydrogens is 827 g/mol. The number of pyridine rings is 2. The van der Waals surface area contributed by atoms with E-state index in [1.807, 2.05) is 48.5 Å². The molecule has 4 aromatic carbocycles. The van der Waals surface area contributed by atoms with E-state index < -0.39 is 5.91 Å². The van der Waals surface area contributed by atoms with Gasteiger partial charge in [0.2, 0.25) is 0 Å². The van der Waals surface area contributed by atoms with Gasteiger partial charge in [-0.1, -0.05) is 72.8 Å². The quantitative estimate of drug-likeness (QED) is 0.112. The fourth-order valence-electron chi connectivity index (χ4n) is 6.99. The highest BCUT2D eigenvalue weighted by atomic mass is 19.1. The molecule has 0 aliphatic carbocycles. The first-order chi connectivity index (χ1) is 31.8. The second kappa shape index (κ2) is 18.4. The number of carbonyl (C=O) groups is 1. The van der Waals surface area contributed by atoms with Crippen molar-refractivity contribution in [1.29, 1.82) is 5.26 Å². The van der Waals surface area contributed by atoms with Gasteiger partial charge in [-0.25, -0.2) is 28.7 Å². The van der Waals surface area contributed by atoms with Crippen molar-refractivity contribution in [3.63, 3.8) is 0 Å². The molecule has 0 unspecified atom stereocenters. The maximum absolute atomic E-state index is 14.3. The first kappa shape index (κ1) is 41.1. The summed E-state index contributed by atoms with van der Waals surface area (Å²) in [5, 5.41) is 26.7. The molecule has 65 heavy (non-hydrogen) atoms. The number of primary amides is 1. The van der Waals surface area contributed by atoms with Crippen LogP contribution in [0.15, 0.2) is 159 Å². The summed E-state index contributed by atoms with van der Waals surface area (Å²) in [4.78, 5) is 37.8. The lowest BCUT2D eigenvalue weighted by Gasteiger charge is -2.09. The van der Waals surface area contributed by atoms with Gasteiger partial charge in [0.15, 0.2) is 17.5 Å². The number of amides is 1. The molecule has 1 amide bonds. The summed E-state index contributed by atoms with van der Waals surface area (Å²) >= 11 is 0. The number of nitrogens with one attached hydrogen (secondary N) is 2. The predicted octanol–water partition coefficient (Wildman–Crippen LogP) is 8.61. The Hall–Kier alpha value is -9.30. The number of hydrogen-bond acceptors (Lipinski definition) is 12. The molecule has 6 heterocycles. The number of carbonyl (C=O) groups excluding carboxylic acids is 1. The van der Waals surface area contributed by atoms with Crippen molar-refractivity contribution < 1.29 is 13.6 Å². The maximum atomic E-state index is 14.3. The summed E-state index contributed by atoms with van der Waals surface area (Å²) < 4.78 is 32.0. The van der Waals surface area contributed by atoms with Crippen LogP contribution in [0.1, 0.15) is 27.0 Å². The van der Waals surface area contributed by atoms with Gasteiger partial charge in [0.25, 0.3) is 5.91 Å². The third kappa shape index (κ3) is 8.89. The molecule has 316 valence electrons. The zero-order chi connectivity index (χ0) is 44.7. The normalized spacial score (nSPS) is 10.8. The van der Waals surface area contributed by atoms with Gasteiger partial charge in [0, 0.05) is 64.3 Å². The Morgan fingerprint density at radius 2 is 1.05 bits per heavy atom. The summed E-state index contributed by atoms with van der Waals surface area (Å²) in [5.74, 6) is 0.0524. The number of para-hydroxylation sites is 2. The molecule has 4 N–H and O–H groups in total. The number of nitrogens with two attached hydrogens (primary N) is 1. The molecule has 6 aromatic heterocycles. The number of nitriles is 1. The zero-order valence-electron chi connectivity index (χ0n) is 34.1. The van der Waals surface area contributed by atoms with Crippen molar-refractivity contribution in [3.8, 4) is 29.1 Å². The summed E-state index contributed by atoms with van der Waals surface area (Å²) in [6.07, 6.45) is 9.37. The number of hydrogen-bond donors (Lipinski definition) is 3. The van der Waals surface area contributed by atoms with Crippen molar-refractivity contribution in [2.45, 2.75) is 13.1 Å². The molecule has 15 nitrogen and oxygen atoms in total. The van der Waals surface area contributed by atoms with Crippen molar-refractivity contribution in [1.82, 2.24) is 49.5 Å². The average Bonchev–Trinajstić information content (AvgIpc) is 3.89. The molecule has 0 radical (unpaired) electrons. The smallest absolute Gasteiger partial charge is 0.254 e. The largest absolute Gasteiger partial charge is 0.365 e. The monoisotopic (exact) mass is 860 g/mol. The molecule has 0 saturated heterocycles. The van der Waals surface area contributed by atoms with Crippen molar-refractivity contribution >= 4 is 50.7 Å². The third-order valence-corrected chi connectivity index (χ3v) is 10.1. The molecule has 10 rings (SSSR count). The van der Waals surface area contributed by atoms with Crippen LogP contribution >= 0.6 is 0 Å². The van der Waals surface area contributed by atoms with Crippen molar-refractivity contribution in [3.05, 3.63) is 192 Å². The average molecular weight is 861 g/mol. The summed E-state index contributed by atoms with van der Waals surface area (Å²) in [5.41, 5.74) is 11.2. The van der Waals surface area contributed by atoms with Crippen LogP contribution in [0, 0.1) is 23.0 Å². The van der Waals surface area contributed by atoms with E-state index in [9.17, 15) is 18.8 Å². The van der Waals surface area contributed by atoms with E-state index in [-0.39, 0.29) is 36.1 Å². The molecule has 0 bridgehead atoms. The Balaban J connectivity index is 0.000000164. The van der Waals surface area contributed by atoms with E-state index in [0.29, 0.717) is 51.2 Å². The molecule has 0 saturated carbocycles. The van der Waals surface area contributed by atoms with Gasteiger partial charge in [0.1, 0.15) is 46.0 Å². The number of halogens is 2. The van der Waals surface area contributed by atoms with Crippen LogP contribution in [0.25, 0.3) is 44.8 Å². The molecule has 17 heteroatoms. The van der Waals surface area contributed by atoms with Crippen molar-refractivity contribution in [2.75, 3.05) is 10.6 Å². The molecular formula is C48H34F2N14O. The van der Waals surface area contributed by atoms with Gasteiger partial charge in [-0.15, -0.1) is 0 Å². The van der Waals surface area contributed by atoms with E-state index in [2.05, 4.69) is 51.7 Å². The molecule has 0 aliphatic heterocycles. The first-order valence-corrected chi connectivity index (χ1v) is 20.0. The van der Waals surface area contributed by atoms with E-state index in [1.54, 1.807) is 94.8 Å². The first-order valence-electron chi connectivity index (χ1n) is 20.0. The maximum Gasteiger partial charge on any atom is 0.254 e. The van der Waals surface area contributed by atoms with Crippen LogP contribution in [0.2, 0.25) is 0 Å². The summed E-state index contributed by atoms with van der Waals surface area (Å²) in [6, 6.07) is 37.6. The number of benzene rings is 4. The molecule has 0 fully saturated rings. The number of anilines is 4. The second-order valence-electron chi connectivity index (χ2n) is 14.3. The SMILES string of the molecule is N#Cc1cnc(-c2nn(Cc3ccccc3F)c3ccccc23)nc1Nc1ccncc1.NC(=O)c1cnc(-c2nn(Cc3ccccc3F)c3ccccc23)nc1Nc1ccncc1. The fourth-order valence-corrected chi connectivity index (χ4v) is 6.99. The number of rotatable bonds is 11. The van der Waals surface area contributed by atoms with Gasteiger partial charge in [0.05, 0.1) is 30.3 Å². The molecule has 0 spiro atoms. The molecule has 0 aliphatic rings. The van der Waals surface area contributed by atoms with Crippen molar-refractivity contribution in [2.24, 2.45) is 5.73 Å². The highest BCUT2D eigenvalue weighted by Gasteiger charge is 2.20. The minimum atomic E-state index is -0.659. The van der Waals surface area contributed by atoms with Gasteiger partial charge in [-0.3, -0.25) is 24.1 Å². The minimum Gasteiger partial charge on any atom is -0.365 e. The lowest BCUT2D eigenvalue weighted by atomic mass is 10.2. The predicted molar refractivity (Wildman–Crippen MR) is 241 cm³/mol. The van der Waals surface area contributed by atoms with Gasteiger partial charge in [-0.05, 0) is 48.5 Å². The van der Waals surface area contributed by atoms with Crippen LogP contribution in [0.3, 0.4) is 0 Å². The number of aromatic nitrogens is 10. The Labute approximate surface area is 369 Å². The zero-order valence-corrected chi connectivity index (χ0v) is 34.1. The topological polar surface area (TPSA) is 204 Å². The van der Waals surface area contributed by atoms with Crippen LogP contribution in [-0.4, -0.2) is 55.4 Å². The Bertz CT molecular complexity index is 3370. The third-order valence-electron chi connectivity index (χ3n) is 10.1. The highest BCUT2D eigenvalue weighted by molar-refractivity contribution is 5.99. The van der Waals surface area contributed by atoms with E-state index >= 15 is 0 Å². The van der Waals surface area contributed by atoms with Gasteiger partial charge < -0.3 is 16.4 Å². The second-order valence-corrected chi connectivity index (χ2v) is 14.3. The highest BCUT2D eigenvalue weighted by Crippen LogP contribution is 2.31. The van der Waals surface area contributed by atoms with Crippen LogP contribution in [0.5, 0.6) is 0 Å². The van der Waals surface area contributed by atoms with Gasteiger partial charge >= 0.3 is 0 Å². The van der Waals surface area contributed by atoms with Crippen LogP contribution in [-0.2, 0) is 13.1 Å². The van der Waals surface area contributed by atoms with Crippen LogP contribution in [0.4, 0.5) is 31.8 Å². The standard InChI is InChI=1S/C24H18FN7O.C24H16FN7/c25-19-7-3-1-5-15(19)14-32-20-8-4-2-6-17(20)21(31-32)24-28-13-18(22(26)33)23(30-24)29-16-9-11-27-12-10-16;25-20-7-3-1-5-16(20)15-32-21-8-4-2-6-19(21)22(31-32)24-28-14-17(13-26)23(30-24)29-18-9-11-27-12-10-18/h1-13H,14H2,(H2,26,33)(H,27,28,29,30);1-12,14H,15H2,(H,27,28,29,30). The lowest BCUT2D eigenvalue weighted by molar-refractivity contribution is 0.100. The summed E-state index contributed by atoms with van der Waals surface area (Å²) in [7, 11) is 0. The minimum absolute atomic E-state index is 0.144. The Morgan fingerprint density at radius 3 is 1.54 bits per heavy atom. The molecule has 0 atom stereocenters. The van der Waals surface area contributed by atoms with E-state index in [4.69, 9.17) is 10.8 Å². The fraction of sp³-hybridized carbons (Fsp3) is 0.0417. The lowest BCUT2D eigenvalue weighted by Crippen LogP contribution is -2.15. The van der Waals surface area contributed by atoms with E-state index in [1.165, 1.54) is 24.5 Å². The number of nitrogens with zero attached hydrogens (tertiary/aromatic N) is 11. The van der Waals surface area contributed by atoms with Gasteiger partial charge in [-0.2, -0.15) is 15.5 Å². The Kier molecular flexibility index (Phi) is 11.6. The van der Waals surface area contributed by atoms with E-state index in [0.717, 1.165) is 27.5 Å².